The van der Waals surface area contributed by atoms with E-state index in [0.717, 1.165) is 17.0 Å². The number of hydrogen-bond donors (Lipinski definition) is 1. The van der Waals surface area contributed by atoms with Crippen molar-refractivity contribution in [3.05, 3.63) is 69.3 Å². The Morgan fingerprint density at radius 3 is 2.36 bits per heavy atom. The molecule has 0 atom stereocenters. The lowest BCUT2D eigenvalue weighted by Crippen LogP contribution is -2.20. The van der Waals surface area contributed by atoms with Crippen LogP contribution in [0, 0.1) is 17.0 Å². The van der Waals surface area contributed by atoms with Gasteiger partial charge < -0.3 is 4.74 Å². The van der Waals surface area contributed by atoms with E-state index in [1.54, 1.807) is 14.0 Å². The molecule has 1 N–H and O–H groups in total. The summed E-state index contributed by atoms with van der Waals surface area (Å²) in [5.74, 6) is 0.321. The third-order valence-corrected chi connectivity index (χ3v) is 3.71. The lowest BCUT2D eigenvalue weighted by molar-refractivity contribution is -0.385. The van der Waals surface area contributed by atoms with Crippen molar-refractivity contribution in [2.24, 2.45) is 5.10 Å². The molecule has 2 rings (SSSR count). The van der Waals surface area contributed by atoms with Crippen molar-refractivity contribution < 1.29 is 14.5 Å². The number of methoxy groups -OCH3 is 1. The van der Waals surface area contributed by atoms with E-state index in [4.69, 9.17) is 4.74 Å². The maximum Gasteiger partial charge on any atom is 0.272 e. The molecule has 0 aliphatic rings. The molecule has 7 nitrogen and oxygen atoms in total. The number of rotatable bonds is 6. The largest absolute Gasteiger partial charge is 0.497 e. The second-order valence-corrected chi connectivity index (χ2v) is 5.34. The Balaban J connectivity index is 2.16. The topological polar surface area (TPSA) is 93.8 Å². The molecule has 0 fully saturated rings. The number of nitrogens with one attached hydrogen (secondary N) is 1. The van der Waals surface area contributed by atoms with Gasteiger partial charge in [0.15, 0.2) is 0 Å². The maximum atomic E-state index is 12.2. The van der Waals surface area contributed by atoms with Crippen LogP contribution < -0.4 is 10.2 Å². The summed E-state index contributed by atoms with van der Waals surface area (Å²) in [7, 11) is 1.59. The van der Waals surface area contributed by atoms with Crippen molar-refractivity contribution in [3.8, 4) is 5.75 Å². The van der Waals surface area contributed by atoms with E-state index in [1.165, 1.54) is 18.2 Å². The van der Waals surface area contributed by atoms with Gasteiger partial charge in [-0.15, -0.1) is 0 Å². The van der Waals surface area contributed by atoms with Crippen LogP contribution in [0.4, 0.5) is 5.69 Å². The van der Waals surface area contributed by atoms with Gasteiger partial charge in [-0.1, -0.05) is 6.92 Å². The van der Waals surface area contributed by atoms with Crippen molar-refractivity contribution in [3.63, 3.8) is 0 Å². The minimum Gasteiger partial charge on any atom is -0.497 e. The summed E-state index contributed by atoms with van der Waals surface area (Å²) in [5, 5.41) is 15.0. The number of hydrazone groups is 1. The SMILES string of the molecule is CC/C(=N\NC(=O)c1ccc([N+](=O)[O-])c(C)c1)c1ccc(OC)cc1. The van der Waals surface area contributed by atoms with E-state index in [2.05, 4.69) is 10.5 Å². The monoisotopic (exact) mass is 341 g/mol. The first kappa shape index (κ1) is 18.1. The van der Waals surface area contributed by atoms with Crippen LogP contribution in [0.1, 0.15) is 34.8 Å². The Bertz CT molecular complexity index is 814. The van der Waals surface area contributed by atoms with Crippen molar-refractivity contribution >= 4 is 17.3 Å². The van der Waals surface area contributed by atoms with E-state index in [1.807, 2.05) is 31.2 Å². The highest BCUT2D eigenvalue weighted by molar-refractivity contribution is 6.02. The predicted molar refractivity (Wildman–Crippen MR) is 95.1 cm³/mol. The molecule has 0 saturated carbocycles. The van der Waals surface area contributed by atoms with E-state index in [9.17, 15) is 14.9 Å². The molecular formula is C18H19N3O4. The molecule has 0 saturated heterocycles. The van der Waals surface area contributed by atoms with Crippen molar-refractivity contribution in [2.45, 2.75) is 20.3 Å². The summed E-state index contributed by atoms with van der Waals surface area (Å²) in [5.41, 5.74) is 4.82. The van der Waals surface area contributed by atoms with Gasteiger partial charge in [-0.25, -0.2) is 5.43 Å². The summed E-state index contributed by atoms with van der Waals surface area (Å²) in [6.07, 6.45) is 0.631. The first-order chi connectivity index (χ1) is 12.0. The molecule has 130 valence electrons. The van der Waals surface area contributed by atoms with E-state index < -0.39 is 10.8 Å². The van der Waals surface area contributed by atoms with Crippen LogP contribution in [0.2, 0.25) is 0 Å². The van der Waals surface area contributed by atoms with Crippen molar-refractivity contribution in [2.75, 3.05) is 7.11 Å². The number of nitro groups is 1. The second kappa shape index (κ2) is 8.05. The van der Waals surface area contributed by atoms with Gasteiger partial charge in [0.05, 0.1) is 17.7 Å². The van der Waals surface area contributed by atoms with Gasteiger partial charge >= 0.3 is 0 Å². The van der Waals surface area contributed by atoms with Crippen LogP contribution in [0.5, 0.6) is 5.75 Å². The molecule has 0 unspecified atom stereocenters. The fourth-order valence-corrected chi connectivity index (χ4v) is 2.32. The van der Waals surface area contributed by atoms with Crippen LogP contribution >= 0.6 is 0 Å². The Hall–Kier alpha value is -3.22. The lowest BCUT2D eigenvalue weighted by atomic mass is 10.1. The number of aryl methyl sites for hydroxylation is 1. The first-order valence-electron chi connectivity index (χ1n) is 7.72. The molecule has 7 heteroatoms. The van der Waals surface area contributed by atoms with Gasteiger partial charge in [0.25, 0.3) is 11.6 Å². The number of nitro benzene ring substituents is 1. The second-order valence-electron chi connectivity index (χ2n) is 5.34. The molecule has 2 aromatic rings. The van der Waals surface area contributed by atoms with Gasteiger partial charge in [0, 0.05) is 17.2 Å². The average Bonchev–Trinajstić information content (AvgIpc) is 2.62. The minimum atomic E-state index is -0.478. The third kappa shape index (κ3) is 4.41. The first-order valence-corrected chi connectivity index (χ1v) is 7.72. The molecule has 0 radical (unpaired) electrons. The zero-order chi connectivity index (χ0) is 18.4. The number of benzene rings is 2. The standard InChI is InChI=1S/C18H19N3O4/c1-4-16(13-5-8-15(25-3)9-6-13)19-20-18(22)14-7-10-17(21(23)24)12(2)11-14/h5-11H,4H2,1-3H3,(H,20,22)/b19-16+. The van der Waals surface area contributed by atoms with Gasteiger partial charge in [-0.2, -0.15) is 5.10 Å². The van der Waals surface area contributed by atoms with Gasteiger partial charge in [0.1, 0.15) is 5.75 Å². The number of ether oxygens (including phenoxy) is 1. The molecule has 0 aliphatic heterocycles. The molecule has 1 amide bonds. The average molecular weight is 341 g/mol. The van der Waals surface area contributed by atoms with Crippen LogP contribution in [-0.4, -0.2) is 23.7 Å². The molecule has 0 aromatic heterocycles. The fraction of sp³-hybridized carbons (Fsp3) is 0.222. The van der Waals surface area contributed by atoms with Gasteiger partial charge in [-0.05, 0) is 55.3 Å². The van der Waals surface area contributed by atoms with Crippen molar-refractivity contribution in [1.29, 1.82) is 0 Å². The molecular weight excluding hydrogens is 322 g/mol. The summed E-state index contributed by atoms with van der Waals surface area (Å²) >= 11 is 0. The zero-order valence-electron chi connectivity index (χ0n) is 14.3. The van der Waals surface area contributed by atoms with Crippen LogP contribution in [0.25, 0.3) is 0 Å². The van der Waals surface area contributed by atoms with Crippen LogP contribution in [0.15, 0.2) is 47.6 Å². The number of amides is 1. The normalized spacial score (nSPS) is 11.1. The maximum absolute atomic E-state index is 12.2. The van der Waals surface area contributed by atoms with E-state index in [-0.39, 0.29) is 5.69 Å². The molecule has 25 heavy (non-hydrogen) atoms. The van der Waals surface area contributed by atoms with E-state index >= 15 is 0 Å². The highest BCUT2D eigenvalue weighted by atomic mass is 16.6. The highest BCUT2D eigenvalue weighted by Crippen LogP contribution is 2.19. The quantitative estimate of drug-likeness (QED) is 0.494. The smallest absolute Gasteiger partial charge is 0.272 e. The lowest BCUT2D eigenvalue weighted by Gasteiger charge is -2.07. The van der Waals surface area contributed by atoms with Crippen LogP contribution in [-0.2, 0) is 0 Å². The van der Waals surface area contributed by atoms with Gasteiger partial charge in [0.2, 0.25) is 0 Å². The predicted octanol–water partition coefficient (Wildman–Crippen LogP) is 3.46. The zero-order valence-corrected chi connectivity index (χ0v) is 14.3. The summed E-state index contributed by atoms with van der Waals surface area (Å²) in [6, 6.07) is 11.6. The van der Waals surface area contributed by atoms with Crippen LogP contribution in [0.3, 0.4) is 0 Å². The fourth-order valence-electron chi connectivity index (χ4n) is 2.32. The molecule has 0 spiro atoms. The summed E-state index contributed by atoms with van der Waals surface area (Å²) < 4.78 is 5.12. The minimum absolute atomic E-state index is 0.0208. The Labute approximate surface area is 145 Å². The summed E-state index contributed by atoms with van der Waals surface area (Å²) in [4.78, 5) is 22.6. The Kier molecular flexibility index (Phi) is 5.84. The number of carbonyl (C=O) groups is 1. The number of carbonyl (C=O) groups excluding carboxylic acids is 1. The number of hydrogen-bond acceptors (Lipinski definition) is 5. The Morgan fingerprint density at radius 2 is 1.84 bits per heavy atom. The Morgan fingerprint density at radius 1 is 1.20 bits per heavy atom. The van der Waals surface area contributed by atoms with Gasteiger partial charge in [-0.3, -0.25) is 14.9 Å². The summed E-state index contributed by atoms with van der Waals surface area (Å²) in [6.45, 7) is 3.53. The highest BCUT2D eigenvalue weighted by Gasteiger charge is 2.13. The van der Waals surface area contributed by atoms with E-state index in [0.29, 0.717) is 17.5 Å². The molecule has 0 aliphatic carbocycles. The molecule has 0 heterocycles. The number of nitrogens with zero attached hydrogens (tertiary/aromatic N) is 2. The molecule has 2 aromatic carbocycles. The molecule has 0 bridgehead atoms. The van der Waals surface area contributed by atoms with Crippen molar-refractivity contribution in [1.82, 2.24) is 5.43 Å². The third-order valence-electron chi connectivity index (χ3n) is 3.71.